The largest absolute Gasteiger partial charge is 0.497 e. The third-order valence-electron chi connectivity index (χ3n) is 2.63. The fourth-order valence-electron chi connectivity index (χ4n) is 1.87. The van der Waals surface area contributed by atoms with Crippen LogP contribution < -0.4 is 10.1 Å². The molecule has 0 aliphatic carbocycles. The quantitative estimate of drug-likeness (QED) is 0.793. The van der Waals surface area contributed by atoms with Crippen molar-refractivity contribution in [2.45, 2.75) is 45.7 Å². The van der Waals surface area contributed by atoms with Gasteiger partial charge in [0.2, 0.25) is 0 Å². The maximum atomic E-state index is 5.17. The summed E-state index contributed by atoms with van der Waals surface area (Å²) in [4.78, 5) is 0. The highest BCUT2D eigenvalue weighted by Gasteiger charge is 2.11. The van der Waals surface area contributed by atoms with Crippen LogP contribution in [0.25, 0.3) is 0 Å². The summed E-state index contributed by atoms with van der Waals surface area (Å²) in [6.45, 7) is 6.59. The second kappa shape index (κ2) is 6.54. The van der Waals surface area contributed by atoms with Crippen molar-refractivity contribution in [3.63, 3.8) is 0 Å². The second-order valence-corrected chi connectivity index (χ2v) is 4.44. The van der Waals surface area contributed by atoms with Gasteiger partial charge in [0.1, 0.15) is 5.75 Å². The zero-order chi connectivity index (χ0) is 12.0. The van der Waals surface area contributed by atoms with E-state index in [0.717, 1.165) is 5.75 Å². The van der Waals surface area contributed by atoms with Crippen molar-refractivity contribution in [1.82, 2.24) is 5.32 Å². The Kier molecular flexibility index (Phi) is 5.33. The fourth-order valence-corrected chi connectivity index (χ4v) is 1.87. The molecule has 1 atom stereocenters. The van der Waals surface area contributed by atoms with Crippen LogP contribution in [0.2, 0.25) is 0 Å². The second-order valence-electron chi connectivity index (χ2n) is 4.44. The first kappa shape index (κ1) is 13.0. The molecule has 0 aliphatic rings. The fraction of sp³-hybridized carbons (Fsp3) is 0.571. The molecule has 1 N–H and O–H groups in total. The molecule has 0 fully saturated rings. The number of methoxy groups -OCH3 is 1. The zero-order valence-corrected chi connectivity index (χ0v) is 10.8. The minimum absolute atomic E-state index is 0.455. The summed E-state index contributed by atoms with van der Waals surface area (Å²) >= 11 is 0. The number of rotatable bonds is 6. The summed E-state index contributed by atoms with van der Waals surface area (Å²) in [7, 11) is 1.70. The Morgan fingerprint density at radius 2 is 1.81 bits per heavy atom. The van der Waals surface area contributed by atoms with Crippen molar-refractivity contribution in [3.8, 4) is 5.75 Å². The molecular weight excluding hydrogens is 198 g/mol. The summed E-state index contributed by atoms with van der Waals surface area (Å²) in [6.07, 6.45) is 2.36. The molecule has 1 unspecified atom stereocenters. The number of hydrogen-bond acceptors (Lipinski definition) is 2. The Labute approximate surface area is 99.0 Å². The molecule has 1 aromatic rings. The molecular formula is C14H23NO. The van der Waals surface area contributed by atoms with E-state index in [9.17, 15) is 0 Å². The molecule has 0 aliphatic heterocycles. The monoisotopic (exact) mass is 221 g/mol. The van der Waals surface area contributed by atoms with Crippen molar-refractivity contribution in [1.29, 1.82) is 0 Å². The first-order valence-corrected chi connectivity index (χ1v) is 6.07. The average molecular weight is 221 g/mol. The summed E-state index contributed by atoms with van der Waals surface area (Å²) in [5, 5.41) is 3.59. The van der Waals surface area contributed by atoms with Gasteiger partial charge in [-0.05, 0) is 24.1 Å². The number of ether oxygens (including phenoxy) is 1. The van der Waals surface area contributed by atoms with Gasteiger partial charge in [0.25, 0.3) is 0 Å². The Morgan fingerprint density at radius 1 is 1.19 bits per heavy atom. The van der Waals surface area contributed by atoms with Gasteiger partial charge in [-0.3, -0.25) is 0 Å². The number of benzene rings is 1. The number of hydrogen-bond donors (Lipinski definition) is 1. The van der Waals surface area contributed by atoms with Crippen LogP contribution in [0, 0.1) is 0 Å². The lowest BCUT2D eigenvalue weighted by Gasteiger charge is -2.21. The van der Waals surface area contributed by atoms with E-state index in [0.29, 0.717) is 12.1 Å². The topological polar surface area (TPSA) is 21.3 Å². The maximum Gasteiger partial charge on any atom is 0.118 e. The highest BCUT2D eigenvalue weighted by Crippen LogP contribution is 2.21. The van der Waals surface area contributed by atoms with Crippen LogP contribution in [-0.2, 0) is 0 Å². The van der Waals surface area contributed by atoms with Crippen LogP contribution >= 0.6 is 0 Å². The van der Waals surface area contributed by atoms with Crippen LogP contribution in [0.3, 0.4) is 0 Å². The van der Waals surface area contributed by atoms with E-state index in [2.05, 4.69) is 38.2 Å². The molecule has 0 amide bonds. The molecule has 0 saturated heterocycles. The summed E-state index contributed by atoms with van der Waals surface area (Å²) in [5.41, 5.74) is 1.34. The standard InChI is InChI=1S/C14H23NO/c1-5-6-14(15-11(2)3)12-7-9-13(16-4)10-8-12/h7-11,14-15H,5-6H2,1-4H3. The molecule has 16 heavy (non-hydrogen) atoms. The number of nitrogens with one attached hydrogen (secondary N) is 1. The first-order valence-electron chi connectivity index (χ1n) is 6.07. The van der Waals surface area contributed by atoms with Crippen LogP contribution in [0.1, 0.15) is 45.2 Å². The Bertz CT molecular complexity index is 292. The molecule has 2 nitrogen and oxygen atoms in total. The highest BCUT2D eigenvalue weighted by molar-refractivity contribution is 5.29. The van der Waals surface area contributed by atoms with Gasteiger partial charge in [-0.1, -0.05) is 39.3 Å². The van der Waals surface area contributed by atoms with Crippen molar-refractivity contribution >= 4 is 0 Å². The lowest BCUT2D eigenvalue weighted by molar-refractivity contribution is 0.413. The summed E-state index contributed by atoms with van der Waals surface area (Å²) in [5.74, 6) is 0.920. The molecule has 2 heteroatoms. The van der Waals surface area contributed by atoms with Crippen molar-refractivity contribution in [2.75, 3.05) is 7.11 Å². The van der Waals surface area contributed by atoms with Gasteiger partial charge in [0, 0.05) is 12.1 Å². The van der Waals surface area contributed by atoms with Crippen molar-refractivity contribution < 1.29 is 4.74 Å². The third-order valence-corrected chi connectivity index (χ3v) is 2.63. The van der Waals surface area contributed by atoms with Crippen LogP contribution in [-0.4, -0.2) is 13.2 Å². The van der Waals surface area contributed by atoms with Gasteiger partial charge in [-0.15, -0.1) is 0 Å². The van der Waals surface area contributed by atoms with Crippen LogP contribution in [0.4, 0.5) is 0 Å². The highest BCUT2D eigenvalue weighted by atomic mass is 16.5. The lowest BCUT2D eigenvalue weighted by Crippen LogP contribution is -2.28. The van der Waals surface area contributed by atoms with E-state index >= 15 is 0 Å². The van der Waals surface area contributed by atoms with Gasteiger partial charge < -0.3 is 10.1 Å². The predicted molar refractivity (Wildman–Crippen MR) is 68.9 cm³/mol. The molecule has 0 heterocycles. The molecule has 1 aromatic carbocycles. The van der Waals surface area contributed by atoms with Crippen molar-refractivity contribution in [3.05, 3.63) is 29.8 Å². The van der Waals surface area contributed by atoms with E-state index in [-0.39, 0.29) is 0 Å². The van der Waals surface area contributed by atoms with Gasteiger partial charge >= 0.3 is 0 Å². The van der Waals surface area contributed by atoms with Crippen molar-refractivity contribution in [2.24, 2.45) is 0 Å². The molecule has 0 saturated carbocycles. The predicted octanol–water partition coefficient (Wildman–Crippen LogP) is 3.53. The third kappa shape index (κ3) is 3.86. The maximum absolute atomic E-state index is 5.17. The van der Waals surface area contributed by atoms with E-state index < -0.39 is 0 Å². The minimum Gasteiger partial charge on any atom is -0.497 e. The van der Waals surface area contributed by atoms with Crippen LogP contribution in [0.15, 0.2) is 24.3 Å². The minimum atomic E-state index is 0.455. The SMILES string of the molecule is CCCC(NC(C)C)c1ccc(OC)cc1. The Morgan fingerprint density at radius 3 is 2.25 bits per heavy atom. The summed E-state index contributed by atoms with van der Waals surface area (Å²) in [6, 6.07) is 9.32. The van der Waals surface area contributed by atoms with E-state index in [4.69, 9.17) is 4.74 Å². The van der Waals surface area contributed by atoms with Gasteiger partial charge in [0.15, 0.2) is 0 Å². The Balaban J connectivity index is 2.75. The molecule has 0 spiro atoms. The zero-order valence-electron chi connectivity index (χ0n) is 10.8. The van der Waals surface area contributed by atoms with Gasteiger partial charge in [0.05, 0.1) is 7.11 Å². The van der Waals surface area contributed by atoms with Gasteiger partial charge in [-0.25, -0.2) is 0 Å². The van der Waals surface area contributed by atoms with Gasteiger partial charge in [-0.2, -0.15) is 0 Å². The molecule has 1 rings (SSSR count). The van der Waals surface area contributed by atoms with Crippen LogP contribution in [0.5, 0.6) is 5.75 Å². The lowest BCUT2D eigenvalue weighted by atomic mass is 10.0. The summed E-state index contributed by atoms with van der Waals surface area (Å²) < 4.78 is 5.17. The molecule has 90 valence electrons. The molecule has 0 bridgehead atoms. The first-order chi connectivity index (χ1) is 7.67. The van der Waals surface area contributed by atoms with E-state index in [1.165, 1.54) is 18.4 Å². The van der Waals surface area contributed by atoms with E-state index in [1.54, 1.807) is 7.11 Å². The normalized spacial score (nSPS) is 12.8. The van der Waals surface area contributed by atoms with E-state index in [1.807, 2.05) is 12.1 Å². The Hall–Kier alpha value is -1.02. The smallest absolute Gasteiger partial charge is 0.118 e. The average Bonchev–Trinajstić information content (AvgIpc) is 2.28. The molecule has 0 aromatic heterocycles. The molecule has 0 radical (unpaired) electrons.